The van der Waals surface area contributed by atoms with Crippen LogP contribution < -0.4 is 5.32 Å². The standard InChI is InChI=1S/C15H27N3O2/c1-2-8-18-11-7-16-13(15(18)20)12-14(19)17-9-5-3-4-6-10-17/h13,16H,2-12H2,1H3. The summed E-state index contributed by atoms with van der Waals surface area (Å²) in [6.07, 6.45) is 5.92. The number of likely N-dealkylation sites (tertiary alicyclic amines) is 1. The van der Waals surface area contributed by atoms with Gasteiger partial charge < -0.3 is 15.1 Å². The number of nitrogens with one attached hydrogen (secondary N) is 1. The lowest BCUT2D eigenvalue weighted by molar-refractivity contribution is -0.141. The highest BCUT2D eigenvalue weighted by Crippen LogP contribution is 2.13. The quantitative estimate of drug-likeness (QED) is 0.836. The maximum Gasteiger partial charge on any atom is 0.240 e. The molecule has 1 N–H and O–H groups in total. The first-order chi connectivity index (χ1) is 9.72. The SMILES string of the molecule is CCCN1CCNC(CC(=O)N2CCCCCC2)C1=O. The van der Waals surface area contributed by atoms with E-state index in [4.69, 9.17) is 0 Å². The molecule has 2 fully saturated rings. The first-order valence-electron chi connectivity index (χ1n) is 8.02. The number of piperazine rings is 1. The number of hydrogen-bond donors (Lipinski definition) is 1. The van der Waals surface area contributed by atoms with Crippen LogP contribution >= 0.6 is 0 Å². The van der Waals surface area contributed by atoms with E-state index in [0.29, 0.717) is 6.42 Å². The highest BCUT2D eigenvalue weighted by atomic mass is 16.2. The molecule has 0 radical (unpaired) electrons. The highest BCUT2D eigenvalue weighted by Gasteiger charge is 2.30. The monoisotopic (exact) mass is 281 g/mol. The van der Waals surface area contributed by atoms with Crippen molar-refractivity contribution >= 4 is 11.8 Å². The van der Waals surface area contributed by atoms with Gasteiger partial charge in [0.2, 0.25) is 11.8 Å². The number of carbonyl (C=O) groups is 2. The summed E-state index contributed by atoms with van der Waals surface area (Å²) in [6.45, 7) is 6.16. The van der Waals surface area contributed by atoms with Gasteiger partial charge in [0.15, 0.2) is 0 Å². The molecule has 0 aromatic rings. The van der Waals surface area contributed by atoms with Crippen LogP contribution in [0.5, 0.6) is 0 Å². The Hall–Kier alpha value is -1.10. The second-order valence-corrected chi connectivity index (χ2v) is 5.83. The largest absolute Gasteiger partial charge is 0.343 e. The van der Waals surface area contributed by atoms with Gasteiger partial charge in [-0.05, 0) is 19.3 Å². The maximum atomic E-state index is 12.3. The van der Waals surface area contributed by atoms with Gasteiger partial charge in [0, 0.05) is 32.7 Å². The van der Waals surface area contributed by atoms with Crippen molar-refractivity contribution < 1.29 is 9.59 Å². The van der Waals surface area contributed by atoms with E-state index in [1.165, 1.54) is 12.8 Å². The van der Waals surface area contributed by atoms with E-state index in [0.717, 1.165) is 52.0 Å². The second-order valence-electron chi connectivity index (χ2n) is 5.83. The molecule has 2 saturated heterocycles. The lowest BCUT2D eigenvalue weighted by atomic mass is 10.1. The average molecular weight is 281 g/mol. The minimum absolute atomic E-state index is 0.0984. The molecule has 2 heterocycles. The van der Waals surface area contributed by atoms with Crippen molar-refractivity contribution in [3.05, 3.63) is 0 Å². The number of rotatable bonds is 4. The molecule has 5 nitrogen and oxygen atoms in total. The Morgan fingerprint density at radius 3 is 2.55 bits per heavy atom. The van der Waals surface area contributed by atoms with Gasteiger partial charge in [0.05, 0.1) is 12.5 Å². The molecule has 1 atom stereocenters. The Labute approximate surface area is 121 Å². The van der Waals surface area contributed by atoms with Gasteiger partial charge in [0.1, 0.15) is 0 Å². The summed E-state index contributed by atoms with van der Waals surface area (Å²) in [5.74, 6) is 0.234. The van der Waals surface area contributed by atoms with E-state index in [2.05, 4.69) is 12.2 Å². The van der Waals surface area contributed by atoms with Crippen molar-refractivity contribution in [2.24, 2.45) is 0 Å². The van der Waals surface area contributed by atoms with Gasteiger partial charge in [-0.15, -0.1) is 0 Å². The normalized spacial score (nSPS) is 24.6. The minimum atomic E-state index is -0.314. The van der Waals surface area contributed by atoms with Crippen molar-refractivity contribution in [3.63, 3.8) is 0 Å². The molecule has 0 bridgehead atoms. The van der Waals surface area contributed by atoms with Crippen LogP contribution in [0.1, 0.15) is 45.4 Å². The Kier molecular flexibility index (Phi) is 5.83. The number of carbonyl (C=O) groups excluding carboxylic acids is 2. The predicted octanol–water partition coefficient (Wildman–Crippen LogP) is 0.989. The maximum absolute atomic E-state index is 12.3. The summed E-state index contributed by atoms with van der Waals surface area (Å²) in [5.41, 5.74) is 0. The van der Waals surface area contributed by atoms with Crippen molar-refractivity contribution in [1.29, 1.82) is 0 Å². The van der Waals surface area contributed by atoms with Crippen LogP contribution in [0.15, 0.2) is 0 Å². The summed E-state index contributed by atoms with van der Waals surface area (Å²) >= 11 is 0. The van der Waals surface area contributed by atoms with E-state index in [9.17, 15) is 9.59 Å². The van der Waals surface area contributed by atoms with Crippen LogP contribution in [0.3, 0.4) is 0 Å². The van der Waals surface area contributed by atoms with Gasteiger partial charge in [-0.1, -0.05) is 19.8 Å². The summed E-state index contributed by atoms with van der Waals surface area (Å²) in [4.78, 5) is 28.5. The first kappa shape index (κ1) is 15.3. The molecule has 0 aromatic heterocycles. The molecule has 20 heavy (non-hydrogen) atoms. The Morgan fingerprint density at radius 1 is 1.20 bits per heavy atom. The number of nitrogens with zero attached hydrogens (tertiary/aromatic N) is 2. The molecule has 0 aromatic carbocycles. The lowest BCUT2D eigenvalue weighted by Gasteiger charge is -2.33. The van der Waals surface area contributed by atoms with Crippen LogP contribution in [0.25, 0.3) is 0 Å². The third-order valence-corrected chi connectivity index (χ3v) is 4.21. The lowest BCUT2D eigenvalue weighted by Crippen LogP contribution is -2.56. The summed E-state index contributed by atoms with van der Waals surface area (Å²) < 4.78 is 0. The topological polar surface area (TPSA) is 52.7 Å². The van der Waals surface area contributed by atoms with Crippen molar-refractivity contribution in [3.8, 4) is 0 Å². The molecule has 114 valence electrons. The van der Waals surface area contributed by atoms with Crippen LogP contribution in [-0.4, -0.2) is 60.4 Å². The third kappa shape index (κ3) is 3.95. The van der Waals surface area contributed by atoms with E-state index < -0.39 is 0 Å². The van der Waals surface area contributed by atoms with Gasteiger partial charge >= 0.3 is 0 Å². The number of hydrogen-bond acceptors (Lipinski definition) is 3. The summed E-state index contributed by atoms with van der Waals surface area (Å²) in [5, 5.41) is 3.20. The molecule has 0 spiro atoms. The fourth-order valence-electron chi connectivity index (χ4n) is 3.07. The summed E-state index contributed by atoms with van der Waals surface area (Å²) in [6, 6.07) is -0.314. The molecule has 2 rings (SSSR count). The van der Waals surface area contributed by atoms with E-state index in [1.54, 1.807) is 0 Å². The van der Waals surface area contributed by atoms with Crippen LogP contribution in [-0.2, 0) is 9.59 Å². The fraction of sp³-hybridized carbons (Fsp3) is 0.867. The zero-order chi connectivity index (χ0) is 14.4. The van der Waals surface area contributed by atoms with Crippen molar-refractivity contribution in [2.45, 2.75) is 51.5 Å². The van der Waals surface area contributed by atoms with Gasteiger partial charge in [-0.25, -0.2) is 0 Å². The van der Waals surface area contributed by atoms with E-state index in [1.807, 2.05) is 9.80 Å². The van der Waals surface area contributed by atoms with Crippen LogP contribution in [0.4, 0.5) is 0 Å². The zero-order valence-corrected chi connectivity index (χ0v) is 12.6. The molecule has 1 unspecified atom stereocenters. The fourth-order valence-corrected chi connectivity index (χ4v) is 3.07. The second kappa shape index (κ2) is 7.62. The predicted molar refractivity (Wildman–Crippen MR) is 78.3 cm³/mol. The van der Waals surface area contributed by atoms with E-state index in [-0.39, 0.29) is 17.9 Å². The van der Waals surface area contributed by atoms with Gasteiger partial charge in [-0.2, -0.15) is 0 Å². The molecular formula is C15H27N3O2. The van der Waals surface area contributed by atoms with Crippen LogP contribution in [0, 0.1) is 0 Å². The van der Waals surface area contributed by atoms with Gasteiger partial charge in [-0.3, -0.25) is 9.59 Å². The zero-order valence-electron chi connectivity index (χ0n) is 12.6. The molecule has 0 aliphatic carbocycles. The van der Waals surface area contributed by atoms with E-state index >= 15 is 0 Å². The van der Waals surface area contributed by atoms with Gasteiger partial charge in [0.25, 0.3) is 0 Å². The van der Waals surface area contributed by atoms with Crippen LogP contribution in [0.2, 0.25) is 0 Å². The molecule has 5 heteroatoms. The molecular weight excluding hydrogens is 254 g/mol. The molecule has 2 aliphatic rings. The van der Waals surface area contributed by atoms with Crippen molar-refractivity contribution in [1.82, 2.24) is 15.1 Å². The molecule has 2 aliphatic heterocycles. The smallest absolute Gasteiger partial charge is 0.240 e. The minimum Gasteiger partial charge on any atom is -0.343 e. The van der Waals surface area contributed by atoms with Crippen molar-refractivity contribution in [2.75, 3.05) is 32.7 Å². The number of amides is 2. The first-order valence-corrected chi connectivity index (χ1v) is 8.02. The molecule has 2 amide bonds. The Morgan fingerprint density at radius 2 is 1.90 bits per heavy atom. The summed E-state index contributed by atoms with van der Waals surface area (Å²) in [7, 11) is 0. The molecule has 0 saturated carbocycles. The highest BCUT2D eigenvalue weighted by molar-refractivity contribution is 5.89. The Bertz CT molecular complexity index is 336. The Balaban J connectivity index is 1.87. The average Bonchev–Trinajstić information content (AvgIpc) is 2.72. The third-order valence-electron chi connectivity index (χ3n) is 4.21.